The highest BCUT2D eigenvalue weighted by atomic mass is 16.6. The average Bonchev–Trinajstić information content (AvgIpc) is 2.76. The Hall–Kier alpha value is -1.46. The van der Waals surface area contributed by atoms with Crippen LogP contribution in [-0.4, -0.2) is 66.2 Å². The van der Waals surface area contributed by atoms with Crippen LogP contribution in [0.25, 0.3) is 0 Å². The van der Waals surface area contributed by atoms with Gasteiger partial charge in [-0.3, -0.25) is 4.99 Å². The highest BCUT2D eigenvalue weighted by molar-refractivity contribution is 5.82. The molecule has 1 amide bonds. The van der Waals surface area contributed by atoms with Gasteiger partial charge in [-0.25, -0.2) is 4.79 Å². The molecule has 120 valence electrons. The SMILES string of the molecule is CC(C)CNC1=NCC2CN(C(=O)OC(C)(C)C)CCN12. The molecule has 1 saturated heterocycles. The lowest BCUT2D eigenvalue weighted by Crippen LogP contribution is -2.57. The van der Waals surface area contributed by atoms with Crippen molar-refractivity contribution in [2.45, 2.75) is 46.3 Å². The molecule has 2 heterocycles. The molecule has 0 spiro atoms. The maximum absolute atomic E-state index is 12.1. The summed E-state index contributed by atoms with van der Waals surface area (Å²) >= 11 is 0. The van der Waals surface area contributed by atoms with Crippen LogP contribution < -0.4 is 5.32 Å². The van der Waals surface area contributed by atoms with Crippen molar-refractivity contribution in [1.29, 1.82) is 0 Å². The lowest BCUT2D eigenvalue weighted by Gasteiger charge is -2.39. The maximum Gasteiger partial charge on any atom is 0.410 e. The van der Waals surface area contributed by atoms with E-state index in [9.17, 15) is 4.79 Å². The number of piperazine rings is 1. The summed E-state index contributed by atoms with van der Waals surface area (Å²) in [6.07, 6.45) is -0.217. The quantitative estimate of drug-likeness (QED) is 0.839. The molecule has 0 aromatic carbocycles. The van der Waals surface area contributed by atoms with Crippen LogP contribution in [0.4, 0.5) is 4.79 Å². The minimum absolute atomic E-state index is 0.217. The molecular weight excluding hydrogens is 268 g/mol. The van der Waals surface area contributed by atoms with E-state index in [-0.39, 0.29) is 12.1 Å². The third-order valence-corrected chi connectivity index (χ3v) is 3.53. The average molecular weight is 296 g/mol. The first-order valence-electron chi connectivity index (χ1n) is 7.79. The van der Waals surface area contributed by atoms with E-state index in [4.69, 9.17) is 4.74 Å². The lowest BCUT2D eigenvalue weighted by molar-refractivity contribution is 0.0137. The summed E-state index contributed by atoms with van der Waals surface area (Å²) in [5.41, 5.74) is -0.440. The molecule has 1 N–H and O–H groups in total. The molecule has 2 rings (SSSR count). The van der Waals surface area contributed by atoms with E-state index in [1.165, 1.54) is 0 Å². The number of carbonyl (C=O) groups is 1. The van der Waals surface area contributed by atoms with Crippen LogP contribution in [0, 0.1) is 5.92 Å². The van der Waals surface area contributed by atoms with Crippen molar-refractivity contribution >= 4 is 12.1 Å². The number of carbonyl (C=O) groups excluding carboxylic acids is 1. The van der Waals surface area contributed by atoms with Gasteiger partial charge in [-0.2, -0.15) is 0 Å². The number of rotatable bonds is 2. The van der Waals surface area contributed by atoms with Gasteiger partial charge < -0.3 is 19.9 Å². The first kappa shape index (κ1) is 15.9. The van der Waals surface area contributed by atoms with Gasteiger partial charge in [-0.1, -0.05) is 13.8 Å². The number of hydrogen-bond acceptors (Lipinski definition) is 5. The van der Waals surface area contributed by atoms with E-state index in [0.717, 1.165) is 25.6 Å². The molecule has 2 aliphatic rings. The Bertz CT molecular complexity index is 414. The summed E-state index contributed by atoms with van der Waals surface area (Å²) in [6.45, 7) is 13.9. The minimum atomic E-state index is -0.440. The third kappa shape index (κ3) is 4.25. The number of fused-ring (bicyclic) bond motifs is 1. The van der Waals surface area contributed by atoms with Crippen LogP contribution in [0.5, 0.6) is 0 Å². The zero-order valence-corrected chi connectivity index (χ0v) is 13.8. The van der Waals surface area contributed by atoms with Crippen molar-refractivity contribution in [2.24, 2.45) is 10.9 Å². The molecule has 1 atom stereocenters. The number of hydrogen-bond donors (Lipinski definition) is 1. The predicted molar refractivity (Wildman–Crippen MR) is 83.4 cm³/mol. The third-order valence-electron chi connectivity index (χ3n) is 3.53. The molecule has 0 aromatic rings. The molecule has 6 nitrogen and oxygen atoms in total. The van der Waals surface area contributed by atoms with Gasteiger partial charge in [0, 0.05) is 26.2 Å². The Labute approximate surface area is 127 Å². The lowest BCUT2D eigenvalue weighted by atomic mass is 10.2. The van der Waals surface area contributed by atoms with Crippen molar-refractivity contribution in [3.8, 4) is 0 Å². The van der Waals surface area contributed by atoms with Crippen molar-refractivity contribution < 1.29 is 9.53 Å². The molecular formula is C15H28N4O2. The van der Waals surface area contributed by atoms with Crippen LogP contribution in [0.1, 0.15) is 34.6 Å². The maximum atomic E-state index is 12.1. The van der Waals surface area contributed by atoms with Crippen molar-refractivity contribution in [3.05, 3.63) is 0 Å². The van der Waals surface area contributed by atoms with E-state index in [1.54, 1.807) is 4.90 Å². The first-order valence-corrected chi connectivity index (χ1v) is 7.79. The predicted octanol–water partition coefficient (Wildman–Crippen LogP) is 1.52. The number of aliphatic imine (C=N–C) groups is 1. The van der Waals surface area contributed by atoms with E-state index in [1.807, 2.05) is 20.8 Å². The molecule has 2 aliphatic heterocycles. The Morgan fingerprint density at radius 2 is 2.14 bits per heavy atom. The molecule has 0 aliphatic carbocycles. The summed E-state index contributed by atoms with van der Waals surface area (Å²) < 4.78 is 5.45. The summed E-state index contributed by atoms with van der Waals surface area (Å²) in [6, 6.07) is 0.279. The Balaban J connectivity index is 1.86. The van der Waals surface area contributed by atoms with E-state index in [2.05, 4.69) is 29.1 Å². The number of guanidine groups is 1. The van der Waals surface area contributed by atoms with Gasteiger partial charge in [0.2, 0.25) is 0 Å². The largest absolute Gasteiger partial charge is 0.444 e. The molecule has 0 saturated carbocycles. The fraction of sp³-hybridized carbons (Fsp3) is 0.867. The van der Waals surface area contributed by atoms with Crippen LogP contribution in [0.2, 0.25) is 0 Å². The fourth-order valence-corrected chi connectivity index (χ4v) is 2.52. The smallest absolute Gasteiger partial charge is 0.410 e. The number of ether oxygens (including phenoxy) is 1. The second kappa shape index (κ2) is 6.12. The summed E-state index contributed by atoms with van der Waals surface area (Å²) in [7, 11) is 0. The van der Waals surface area contributed by atoms with Gasteiger partial charge in [-0.05, 0) is 26.7 Å². The molecule has 21 heavy (non-hydrogen) atoms. The van der Waals surface area contributed by atoms with Crippen LogP contribution in [-0.2, 0) is 4.74 Å². The number of amides is 1. The zero-order chi connectivity index (χ0) is 15.6. The Morgan fingerprint density at radius 3 is 2.76 bits per heavy atom. The van der Waals surface area contributed by atoms with Crippen LogP contribution >= 0.6 is 0 Å². The monoisotopic (exact) mass is 296 g/mol. The Kier molecular flexibility index (Phi) is 4.64. The molecule has 6 heteroatoms. The fourth-order valence-electron chi connectivity index (χ4n) is 2.52. The van der Waals surface area contributed by atoms with Crippen molar-refractivity contribution in [2.75, 3.05) is 32.7 Å². The Morgan fingerprint density at radius 1 is 1.43 bits per heavy atom. The van der Waals surface area contributed by atoms with Gasteiger partial charge >= 0.3 is 6.09 Å². The van der Waals surface area contributed by atoms with E-state index in [0.29, 0.717) is 19.0 Å². The normalized spacial score (nSPS) is 22.2. The van der Waals surface area contributed by atoms with Crippen LogP contribution in [0.3, 0.4) is 0 Å². The van der Waals surface area contributed by atoms with Gasteiger partial charge in [0.25, 0.3) is 0 Å². The van der Waals surface area contributed by atoms with Crippen molar-refractivity contribution in [1.82, 2.24) is 15.1 Å². The zero-order valence-electron chi connectivity index (χ0n) is 13.8. The molecule has 0 radical (unpaired) electrons. The second-order valence-corrected chi connectivity index (χ2v) is 7.21. The van der Waals surface area contributed by atoms with Crippen molar-refractivity contribution in [3.63, 3.8) is 0 Å². The summed E-state index contributed by atoms with van der Waals surface area (Å²) in [4.78, 5) is 20.8. The highest BCUT2D eigenvalue weighted by Crippen LogP contribution is 2.18. The number of nitrogens with one attached hydrogen (secondary N) is 1. The van der Waals surface area contributed by atoms with E-state index < -0.39 is 5.60 Å². The standard InChI is InChI=1S/C15H28N4O2/c1-11(2)8-16-13-17-9-12-10-18(6-7-19(12)13)14(20)21-15(3,4)5/h11-12H,6-10H2,1-5H3,(H,16,17). The number of nitrogens with zero attached hydrogens (tertiary/aromatic N) is 3. The van der Waals surface area contributed by atoms with Gasteiger partial charge in [0.1, 0.15) is 5.60 Å². The first-order chi connectivity index (χ1) is 9.76. The molecule has 1 fully saturated rings. The summed E-state index contributed by atoms with van der Waals surface area (Å²) in [5.74, 6) is 1.58. The molecule has 0 bridgehead atoms. The van der Waals surface area contributed by atoms with E-state index >= 15 is 0 Å². The topological polar surface area (TPSA) is 57.2 Å². The van der Waals surface area contributed by atoms with Gasteiger partial charge in [0.05, 0.1) is 12.6 Å². The second-order valence-electron chi connectivity index (χ2n) is 7.21. The van der Waals surface area contributed by atoms with Gasteiger partial charge in [0.15, 0.2) is 5.96 Å². The molecule has 1 unspecified atom stereocenters. The minimum Gasteiger partial charge on any atom is -0.444 e. The molecule has 0 aromatic heterocycles. The van der Waals surface area contributed by atoms with Gasteiger partial charge in [-0.15, -0.1) is 0 Å². The highest BCUT2D eigenvalue weighted by Gasteiger charge is 2.36. The van der Waals surface area contributed by atoms with Crippen LogP contribution in [0.15, 0.2) is 4.99 Å². The summed E-state index contributed by atoms with van der Waals surface area (Å²) in [5, 5.41) is 3.40.